The van der Waals surface area contributed by atoms with Crippen molar-refractivity contribution in [1.82, 2.24) is 19.6 Å². The highest BCUT2D eigenvalue weighted by atomic mass is 19.4. The average Bonchev–Trinajstić information content (AvgIpc) is 2.85. The van der Waals surface area contributed by atoms with Crippen molar-refractivity contribution >= 4 is 0 Å². The van der Waals surface area contributed by atoms with Crippen LogP contribution >= 0.6 is 0 Å². The molecule has 2 aromatic rings. The Hall–Kier alpha value is -2.00. The first kappa shape index (κ1) is 16.1. The van der Waals surface area contributed by atoms with E-state index in [4.69, 9.17) is 0 Å². The van der Waals surface area contributed by atoms with Gasteiger partial charge in [-0.05, 0) is 6.07 Å². The molecule has 10 heteroatoms. The van der Waals surface area contributed by atoms with Gasteiger partial charge in [0.2, 0.25) is 0 Å². The van der Waals surface area contributed by atoms with Crippen molar-refractivity contribution in [2.75, 3.05) is 0 Å². The van der Waals surface area contributed by atoms with Gasteiger partial charge in [0.25, 0.3) is 0 Å². The van der Waals surface area contributed by atoms with E-state index in [2.05, 4.69) is 10.2 Å². The zero-order valence-corrected chi connectivity index (χ0v) is 10.4. The average molecular weight is 300 g/mol. The summed E-state index contributed by atoms with van der Waals surface area (Å²) >= 11 is 0. The maximum Gasteiger partial charge on any atom is 0.435 e. The Balaban J connectivity index is 0.000000276. The second-order valence-electron chi connectivity index (χ2n) is 3.71. The fourth-order valence-electron chi connectivity index (χ4n) is 1.22. The minimum absolute atomic E-state index is 0.0278. The summed E-state index contributed by atoms with van der Waals surface area (Å²) in [5.41, 5.74) is -2.97. The number of halogens is 6. The van der Waals surface area contributed by atoms with Crippen molar-refractivity contribution in [2.45, 2.75) is 12.4 Å². The van der Waals surface area contributed by atoms with Crippen molar-refractivity contribution in [2.24, 2.45) is 14.1 Å². The molecule has 2 rings (SSSR count). The van der Waals surface area contributed by atoms with E-state index in [1.807, 2.05) is 19.3 Å². The molecule has 0 radical (unpaired) electrons. The molecule has 0 aliphatic carbocycles. The lowest BCUT2D eigenvalue weighted by molar-refractivity contribution is -0.144. The highest BCUT2D eigenvalue weighted by Crippen LogP contribution is 2.34. The Bertz CT molecular complexity index is 537. The quantitative estimate of drug-likeness (QED) is 0.701. The Morgan fingerprint density at radius 2 is 1.60 bits per heavy atom. The van der Waals surface area contributed by atoms with Crippen LogP contribution in [0.3, 0.4) is 0 Å². The third kappa shape index (κ3) is 4.28. The molecule has 0 unspecified atom stereocenters. The predicted molar refractivity (Wildman–Crippen MR) is 56.4 cm³/mol. The van der Waals surface area contributed by atoms with E-state index in [0.717, 1.165) is 7.05 Å². The second kappa shape index (κ2) is 5.55. The molecule has 20 heavy (non-hydrogen) atoms. The fraction of sp³-hybridized carbons (Fsp3) is 0.400. The molecule has 4 nitrogen and oxygen atoms in total. The van der Waals surface area contributed by atoms with Gasteiger partial charge in [-0.3, -0.25) is 9.36 Å². The van der Waals surface area contributed by atoms with Crippen molar-refractivity contribution < 1.29 is 26.3 Å². The van der Waals surface area contributed by atoms with E-state index in [0.29, 0.717) is 0 Å². The van der Waals surface area contributed by atoms with Crippen LogP contribution in [0.5, 0.6) is 0 Å². The summed E-state index contributed by atoms with van der Waals surface area (Å²) in [5.74, 6) is 0. The smallest absolute Gasteiger partial charge is 0.276 e. The first-order chi connectivity index (χ1) is 9.01. The SMILES string of the molecule is Cn1cccn1.Cn1nc(C(F)(F)F)cc1C(F)(F)F. The number of aromatic nitrogens is 4. The van der Waals surface area contributed by atoms with Crippen LogP contribution in [0.1, 0.15) is 11.4 Å². The number of nitrogens with zero attached hydrogens (tertiary/aromatic N) is 4. The topological polar surface area (TPSA) is 35.6 Å². The Kier molecular flexibility index (Phi) is 4.46. The molecule has 112 valence electrons. The Morgan fingerprint density at radius 3 is 1.80 bits per heavy atom. The zero-order chi connectivity index (χ0) is 15.6. The normalized spacial score (nSPS) is 12.0. The van der Waals surface area contributed by atoms with Crippen molar-refractivity contribution in [3.63, 3.8) is 0 Å². The summed E-state index contributed by atoms with van der Waals surface area (Å²) in [7, 11) is 2.69. The second-order valence-corrected chi connectivity index (χ2v) is 3.71. The number of alkyl halides is 6. The van der Waals surface area contributed by atoms with Gasteiger partial charge in [0.05, 0.1) is 0 Å². The van der Waals surface area contributed by atoms with Crippen LogP contribution in [0.2, 0.25) is 0 Å². The number of hydrogen-bond donors (Lipinski definition) is 0. The van der Waals surface area contributed by atoms with E-state index in [-0.39, 0.29) is 10.7 Å². The van der Waals surface area contributed by atoms with Gasteiger partial charge in [-0.25, -0.2) is 0 Å². The van der Waals surface area contributed by atoms with Crippen LogP contribution < -0.4 is 0 Å². The van der Waals surface area contributed by atoms with Gasteiger partial charge in [-0.15, -0.1) is 0 Å². The number of hydrogen-bond acceptors (Lipinski definition) is 2. The largest absolute Gasteiger partial charge is 0.435 e. The fourth-order valence-corrected chi connectivity index (χ4v) is 1.22. The zero-order valence-electron chi connectivity index (χ0n) is 10.4. The summed E-state index contributed by atoms with van der Waals surface area (Å²) in [6, 6.07) is 1.86. The van der Waals surface area contributed by atoms with Crippen LogP contribution in [-0.4, -0.2) is 19.6 Å². The van der Waals surface area contributed by atoms with Gasteiger partial charge < -0.3 is 0 Å². The summed E-state index contributed by atoms with van der Waals surface area (Å²) in [5, 5.41) is 6.55. The van der Waals surface area contributed by atoms with Gasteiger partial charge in [-0.1, -0.05) is 0 Å². The highest BCUT2D eigenvalue weighted by molar-refractivity contribution is 5.15. The molecule has 0 bridgehead atoms. The van der Waals surface area contributed by atoms with Crippen molar-refractivity contribution in [3.8, 4) is 0 Å². The van der Waals surface area contributed by atoms with E-state index < -0.39 is 23.7 Å². The van der Waals surface area contributed by atoms with Gasteiger partial charge in [0, 0.05) is 32.6 Å². The first-order valence-corrected chi connectivity index (χ1v) is 5.14. The van der Waals surface area contributed by atoms with E-state index >= 15 is 0 Å². The van der Waals surface area contributed by atoms with Gasteiger partial charge in [0.1, 0.15) is 5.69 Å². The van der Waals surface area contributed by atoms with E-state index in [9.17, 15) is 26.3 Å². The molecular weight excluding hydrogens is 290 g/mol. The van der Waals surface area contributed by atoms with Crippen LogP contribution in [0, 0.1) is 0 Å². The van der Waals surface area contributed by atoms with Gasteiger partial charge in [-0.2, -0.15) is 36.5 Å². The lowest BCUT2D eigenvalue weighted by Gasteiger charge is -2.04. The van der Waals surface area contributed by atoms with Crippen LogP contribution in [0.15, 0.2) is 24.5 Å². The van der Waals surface area contributed by atoms with E-state index in [1.165, 1.54) is 0 Å². The third-order valence-corrected chi connectivity index (χ3v) is 2.10. The molecule has 0 fully saturated rings. The molecule has 0 aromatic carbocycles. The molecule has 0 spiro atoms. The molecule has 0 amide bonds. The third-order valence-electron chi connectivity index (χ3n) is 2.10. The molecule has 0 aliphatic rings. The first-order valence-electron chi connectivity index (χ1n) is 5.14. The van der Waals surface area contributed by atoms with Crippen molar-refractivity contribution in [3.05, 3.63) is 35.9 Å². The molecular formula is C10H10F6N4. The van der Waals surface area contributed by atoms with Crippen molar-refractivity contribution in [1.29, 1.82) is 0 Å². The summed E-state index contributed by atoms with van der Waals surface area (Å²) < 4.78 is 73.8. The summed E-state index contributed by atoms with van der Waals surface area (Å²) in [4.78, 5) is 0. The lowest BCUT2D eigenvalue weighted by atomic mass is 10.3. The Labute approximate surface area is 109 Å². The van der Waals surface area contributed by atoms with E-state index in [1.54, 1.807) is 10.9 Å². The standard InChI is InChI=1S/C6H4F6N2.C4H6N2/c1-14-4(6(10,11)12)2-3(13-14)5(7,8)9;1-6-4-2-3-5-6/h2H,1H3;2-4H,1H3. The Morgan fingerprint density at radius 1 is 1.00 bits per heavy atom. The molecule has 0 N–H and O–H groups in total. The van der Waals surface area contributed by atoms with Gasteiger partial charge in [0.15, 0.2) is 5.69 Å². The lowest BCUT2D eigenvalue weighted by Crippen LogP contribution is -2.11. The van der Waals surface area contributed by atoms with Crippen LogP contribution in [-0.2, 0) is 26.4 Å². The van der Waals surface area contributed by atoms with Gasteiger partial charge >= 0.3 is 12.4 Å². The highest BCUT2D eigenvalue weighted by Gasteiger charge is 2.41. The molecule has 0 atom stereocenters. The minimum Gasteiger partial charge on any atom is -0.276 e. The molecule has 2 aromatic heterocycles. The molecule has 0 saturated heterocycles. The van der Waals surface area contributed by atoms with Crippen LogP contribution in [0.25, 0.3) is 0 Å². The summed E-state index contributed by atoms with van der Waals surface area (Å²) in [6.45, 7) is 0. The monoisotopic (exact) mass is 300 g/mol. The summed E-state index contributed by atoms with van der Waals surface area (Å²) in [6.07, 6.45) is -6.05. The number of rotatable bonds is 0. The maximum absolute atomic E-state index is 12.0. The van der Waals surface area contributed by atoms with Crippen LogP contribution in [0.4, 0.5) is 26.3 Å². The molecule has 0 aliphatic heterocycles. The predicted octanol–water partition coefficient (Wildman–Crippen LogP) is 2.88. The minimum atomic E-state index is -4.86. The maximum atomic E-state index is 12.0. The molecule has 0 saturated carbocycles. The molecule has 2 heterocycles. The number of aryl methyl sites for hydroxylation is 2.